The van der Waals surface area contributed by atoms with Crippen molar-refractivity contribution < 1.29 is 80.2 Å². The van der Waals surface area contributed by atoms with Crippen LogP contribution in [0.15, 0.2) is 24.3 Å². The highest BCUT2D eigenvalue weighted by Crippen LogP contribution is 2.45. The van der Waals surface area contributed by atoms with E-state index in [4.69, 9.17) is 37.0 Å². The number of hydrogen-bond donors (Lipinski definition) is 3. The van der Waals surface area contributed by atoms with Gasteiger partial charge in [-0.2, -0.15) is 0 Å². The second kappa shape index (κ2) is 76.3. The van der Waals surface area contributed by atoms with Crippen LogP contribution in [-0.4, -0.2) is 96.7 Å². The molecule has 0 aromatic heterocycles. The monoisotopic (exact) mass is 1500 g/mol. The van der Waals surface area contributed by atoms with Crippen LogP contribution in [0.4, 0.5) is 0 Å². The van der Waals surface area contributed by atoms with Crippen molar-refractivity contribution in [2.75, 3.05) is 39.6 Å². The van der Waals surface area contributed by atoms with E-state index < -0.39 is 97.5 Å². The highest BCUT2D eigenvalue weighted by Gasteiger charge is 2.30. The fourth-order valence-electron chi connectivity index (χ4n) is 12.6. The first-order chi connectivity index (χ1) is 50.0. The van der Waals surface area contributed by atoms with E-state index in [9.17, 15) is 43.2 Å². The quantitative estimate of drug-likeness (QED) is 0.0169. The van der Waals surface area contributed by atoms with Crippen molar-refractivity contribution in [1.29, 1.82) is 0 Å². The maximum Gasteiger partial charge on any atom is 0.472 e. The van der Waals surface area contributed by atoms with E-state index in [2.05, 4.69) is 58.9 Å². The molecule has 0 amide bonds. The number of unbranched alkanes of at least 4 members (excludes halogenated alkanes) is 51. The number of phosphoric acid groups is 2. The second-order valence-electron chi connectivity index (χ2n) is 30.0. The van der Waals surface area contributed by atoms with E-state index in [0.29, 0.717) is 25.7 Å². The molecule has 2 unspecified atom stereocenters. The SMILES string of the molecule is CCCCCC/C=C\C=C/CCCCCCCC(=O)OC[C@H](COP(=O)(O)OC[C@@H](O)COP(=O)(O)OC[C@@H](COC(=O)CCCCCCCCCCCC(C)C)OC(=O)CCCCCCCCCCCCCCCC)OC(=O)CCCCCCCCCCCCCCCCCCCCCCCC. The molecule has 0 bridgehead atoms. The Bertz CT molecular complexity index is 2060. The van der Waals surface area contributed by atoms with Crippen LogP contribution < -0.4 is 0 Å². The van der Waals surface area contributed by atoms with E-state index in [0.717, 1.165) is 115 Å². The number of hydrogen-bond acceptors (Lipinski definition) is 15. The average molecular weight is 1500 g/mol. The molecule has 0 aliphatic carbocycles. The number of rotatable bonds is 82. The predicted molar refractivity (Wildman–Crippen MR) is 423 cm³/mol. The number of ether oxygens (including phenoxy) is 4. The molecule has 0 aliphatic rings. The first kappa shape index (κ1) is 101. The molecular formula is C84H160O17P2. The van der Waals surface area contributed by atoms with E-state index in [1.165, 1.54) is 231 Å². The zero-order valence-corrected chi connectivity index (χ0v) is 68.7. The first-order valence-corrected chi connectivity index (χ1v) is 45.9. The summed E-state index contributed by atoms with van der Waals surface area (Å²) in [5.41, 5.74) is 0. The lowest BCUT2D eigenvalue weighted by Gasteiger charge is -2.21. The number of aliphatic hydroxyl groups excluding tert-OH is 1. The Labute approximate surface area is 631 Å². The van der Waals surface area contributed by atoms with Gasteiger partial charge in [-0.15, -0.1) is 0 Å². The molecule has 0 saturated carbocycles. The molecule has 0 aliphatic heterocycles. The van der Waals surface area contributed by atoms with Gasteiger partial charge in [-0.1, -0.05) is 374 Å². The Kier molecular flexibility index (Phi) is 74.5. The summed E-state index contributed by atoms with van der Waals surface area (Å²) in [6, 6.07) is 0. The van der Waals surface area contributed by atoms with Gasteiger partial charge in [0, 0.05) is 25.7 Å². The standard InChI is InChI=1S/C84H160O17P2/c1-6-9-12-15-18-21-24-27-30-31-32-33-34-35-36-38-41-44-49-55-60-65-70-84(89)100-79(73-94-81(86)67-62-57-52-47-42-40-37-28-25-22-19-16-13-10-7-2)75-98-102(90,91)96-71-78(85)72-97-103(92,93)99-76-80(74-95-82(87)68-63-58-53-50-45-46-51-56-61-66-77(4)5)101-83(88)69-64-59-54-48-43-39-29-26-23-20-17-14-11-8-3/h22,25,28,37,77-80,85H,6-21,23-24,26-27,29-36,38-76H2,1-5H3,(H,90,91)(H,92,93)/b25-22-,37-28-/t78-,79-,80-/m1/s1. The Morgan fingerprint density at radius 2 is 0.524 bits per heavy atom. The molecule has 0 saturated heterocycles. The summed E-state index contributed by atoms with van der Waals surface area (Å²) >= 11 is 0. The van der Waals surface area contributed by atoms with Crippen LogP contribution in [0.2, 0.25) is 0 Å². The summed E-state index contributed by atoms with van der Waals surface area (Å²) in [6.45, 7) is 7.26. The Morgan fingerprint density at radius 1 is 0.301 bits per heavy atom. The van der Waals surface area contributed by atoms with Crippen LogP contribution in [0, 0.1) is 5.92 Å². The molecule has 0 fully saturated rings. The van der Waals surface area contributed by atoms with E-state index >= 15 is 0 Å². The van der Waals surface area contributed by atoms with Crippen molar-refractivity contribution in [2.24, 2.45) is 5.92 Å². The Morgan fingerprint density at radius 3 is 0.796 bits per heavy atom. The third kappa shape index (κ3) is 77.5. The number of allylic oxidation sites excluding steroid dienone is 4. The van der Waals surface area contributed by atoms with Gasteiger partial charge in [0.2, 0.25) is 0 Å². The van der Waals surface area contributed by atoms with Crippen LogP contribution in [-0.2, 0) is 65.4 Å². The summed E-state index contributed by atoms with van der Waals surface area (Å²) in [6.07, 6.45) is 71.6. The van der Waals surface area contributed by atoms with Gasteiger partial charge < -0.3 is 33.8 Å². The Hall–Kier alpha value is -2.46. The molecule has 0 aromatic carbocycles. The van der Waals surface area contributed by atoms with E-state index in [1.807, 2.05) is 0 Å². The molecule has 103 heavy (non-hydrogen) atoms. The minimum atomic E-state index is -4.97. The normalized spacial score (nSPS) is 14.0. The molecular weight excluding hydrogens is 1340 g/mol. The molecule has 17 nitrogen and oxygen atoms in total. The fourth-order valence-corrected chi connectivity index (χ4v) is 14.2. The second-order valence-corrected chi connectivity index (χ2v) is 32.9. The summed E-state index contributed by atoms with van der Waals surface area (Å²) < 4.78 is 68.8. The summed E-state index contributed by atoms with van der Waals surface area (Å²) in [4.78, 5) is 73.1. The van der Waals surface area contributed by atoms with Crippen molar-refractivity contribution >= 4 is 39.5 Å². The van der Waals surface area contributed by atoms with Crippen molar-refractivity contribution in [3.8, 4) is 0 Å². The molecule has 5 atom stereocenters. The van der Waals surface area contributed by atoms with Crippen molar-refractivity contribution in [3.63, 3.8) is 0 Å². The lowest BCUT2D eigenvalue weighted by molar-refractivity contribution is -0.161. The number of phosphoric ester groups is 2. The number of carbonyl (C=O) groups excluding carboxylic acids is 4. The van der Waals surface area contributed by atoms with Crippen molar-refractivity contribution in [1.82, 2.24) is 0 Å². The Balaban J connectivity index is 5.26. The van der Waals surface area contributed by atoms with Crippen LogP contribution in [0.25, 0.3) is 0 Å². The lowest BCUT2D eigenvalue weighted by Crippen LogP contribution is -2.30. The molecule has 0 aromatic rings. The van der Waals surface area contributed by atoms with Gasteiger partial charge in [-0.05, 0) is 57.3 Å². The molecule has 0 heterocycles. The van der Waals surface area contributed by atoms with Crippen molar-refractivity contribution in [2.45, 2.75) is 445 Å². The van der Waals surface area contributed by atoms with Gasteiger partial charge in [-0.3, -0.25) is 37.3 Å². The maximum absolute atomic E-state index is 13.1. The molecule has 19 heteroatoms. The zero-order valence-electron chi connectivity index (χ0n) is 66.9. The molecule has 0 spiro atoms. The number of aliphatic hydroxyl groups is 1. The average Bonchev–Trinajstić information content (AvgIpc) is 0.918. The third-order valence-electron chi connectivity index (χ3n) is 19.2. The van der Waals surface area contributed by atoms with Gasteiger partial charge in [0.25, 0.3) is 0 Å². The van der Waals surface area contributed by atoms with Gasteiger partial charge in [0.15, 0.2) is 12.2 Å². The molecule has 0 radical (unpaired) electrons. The van der Waals surface area contributed by atoms with Crippen molar-refractivity contribution in [3.05, 3.63) is 24.3 Å². The van der Waals surface area contributed by atoms with Crippen LogP contribution >= 0.6 is 15.6 Å². The van der Waals surface area contributed by atoms with Crippen LogP contribution in [0.5, 0.6) is 0 Å². The van der Waals surface area contributed by atoms with Gasteiger partial charge >= 0.3 is 39.5 Å². The summed E-state index contributed by atoms with van der Waals surface area (Å²) in [5, 5.41) is 10.7. The molecule has 3 N–H and O–H groups in total. The van der Waals surface area contributed by atoms with Gasteiger partial charge in [-0.25, -0.2) is 9.13 Å². The van der Waals surface area contributed by atoms with Gasteiger partial charge in [0.1, 0.15) is 19.3 Å². The smallest absolute Gasteiger partial charge is 0.462 e. The summed E-state index contributed by atoms with van der Waals surface area (Å²) in [7, 11) is -9.93. The third-order valence-corrected chi connectivity index (χ3v) is 21.1. The topological polar surface area (TPSA) is 237 Å². The fraction of sp³-hybridized carbons (Fsp3) is 0.905. The minimum absolute atomic E-state index is 0.102. The summed E-state index contributed by atoms with van der Waals surface area (Å²) in [5.74, 6) is -1.39. The first-order valence-electron chi connectivity index (χ1n) is 43.0. The number of carbonyl (C=O) groups is 4. The van der Waals surface area contributed by atoms with Crippen LogP contribution in [0.1, 0.15) is 426 Å². The minimum Gasteiger partial charge on any atom is -0.462 e. The zero-order chi connectivity index (χ0) is 75.5. The number of esters is 4. The molecule has 0 rings (SSSR count). The lowest BCUT2D eigenvalue weighted by atomic mass is 10.0. The molecule has 608 valence electrons. The van der Waals surface area contributed by atoms with Crippen LogP contribution in [0.3, 0.4) is 0 Å². The predicted octanol–water partition coefficient (Wildman–Crippen LogP) is 25.1. The van der Waals surface area contributed by atoms with Gasteiger partial charge in [0.05, 0.1) is 26.4 Å². The van der Waals surface area contributed by atoms with E-state index in [-0.39, 0.29) is 25.7 Å². The maximum atomic E-state index is 13.1. The highest BCUT2D eigenvalue weighted by molar-refractivity contribution is 7.47. The highest BCUT2D eigenvalue weighted by atomic mass is 31.2. The largest absolute Gasteiger partial charge is 0.472 e. The van der Waals surface area contributed by atoms with E-state index in [1.54, 1.807) is 0 Å².